The number of carbonyl (C=O) groups excluding carboxylic acids is 1. The number of methoxy groups -OCH3 is 1. The van der Waals surface area contributed by atoms with Crippen molar-refractivity contribution in [2.24, 2.45) is 27.6 Å². The highest BCUT2D eigenvalue weighted by Crippen LogP contribution is 2.56. The first-order valence-electron chi connectivity index (χ1n) is 7.81. The van der Waals surface area contributed by atoms with Crippen LogP contribution in [-0.2, 0) is 14.3 Å². The molecule has 1 aliphatic rings. The largest absolute Gasteiger partial charge is 0.481 e. The van der Waals surface area contributed by atoms with Crippen LogP contribution in [0.1, 0.15) is 39.2 Å². The van der Waals surface area contributed by atoms with Crippen LogP contribution in [-0.4, -0.2) is 40.2 Å². The van der Waals surface area contributed by atoms with Gasteiger partial charge in [-0.05, 0) is 37.3 Å². The number of aliphatic carboxylic acids is 1. The molecule has 2 atom stereocenters. The zero-order chi connectivity index (χ0) is 19.3. The molecule has 25 heavy (non-hydrogen) atoms. The van der Waals surface area contributed by atoms with E-state index in [1.807, 2.05) is 13.8 Å². The highest BCUT2D eigenvalue weighted by molar-refractivity contribution is 5.96. The molecule has 8 heteroatoms. The van der Waals surface area contributed by atoms with Crippen LogP contribution in [0.15, 0.2) is 29.7 Å². The maximum absolute atomic E-state index is 11.5. The Morgan fingerprint density at radius 1 is 1.40 bits per heavy atom. The van der Waals surface area contributed by atoms with Gasteiger partial charge in [0.05, 0.1) is 18.4 Å². The van der Waals surface area contributed by atoms with E-state index in [0.29, 0.717) is 18.4 Å². The number of pyridine rings is 1. The Labute approximate surface area is 146 Å². The van der Waals surface area contributed by atoms with Crippen LogP contribution in [0.3, 0.4) is 0 Å². The Hall–Kier alpha value is -2.64. The molecule has 1 aromatic rings. The number of carbonyl (C=O) groups is 2. The van der Waals surface area contributed by atoms with Gasteiger partial charge in [0.25, 0.3) is 0 Å². The van der Waals surface area contributed by atoms with Crippen molar-refractivity contribution in [1.29, 1.82) is 0 Å². The zero-order valence-corrected chi connectivity index (χ0v) is 14.9. The number of hydrogen-bond acceptors (Lipinski definition) is 6. The first kappa shape index (κ1) is 20.4. The van der Waals surface area contributed by atoms with Crippen molar-refractivity contribution in [2.45, 2.75) is 33.6 Å². The summed E-state index contributed by atoms with van der Waals surface area (Å²) in [7, 11) is 1.34. The lowest BCUT2D eigenvalue weighted by molar-refractivity contribution is -0.159. The second-order valence-electron chi connectivity index (χ2n) is 6.70. The summed E-state index contributed by atoms with van der Waals surface area (Å²) in [6.45, 7) is 5.36. The number of nitrogens with zero attached hydrogens (tertiary/aromatic N) is 2. The fourth-order valence-electron chi connectivity index (χ4n) is 3.01. The first-order chi connectivity index (χ1) is 11.6. The minimum Gasteiger partial charge on any atom is -0.481 e. The van der Waals surface area contributed by atoms with Gasteiger partial charge in [-0.3, -0.25) is 14.6 Å². The SMILES string of the molecule is COC(=O)[C@@H]1CC[C@](C)(C(=O)O)C1(C)C.N/C(=N\O)c1cccnc1. The highest BCUT2D eigenvalue weighted by Gasteiger charge is 2.58. The molecule has 0 amide bonds. The van der Waals surface area contributed by atoms with Gasteiger partial charge in [0.2, 0.25) is 0 Å². The van der Waals surface area contributed by atoms with Gasteiger partial charge in [0.1, 0.15) is 0 Å². The van der Waals surface area contributed by atoms with Gasteiger partial charge < -0.3 is 20.8 Å². The van der Waals surface area contributed by atoms with Crippen LogP contribution in [0.25, 0.3) is 0 Å². The molecule has 0 aliphatic heterocycles. The van der Waals surface area contributed by atoms with Gasteiger partial charge in [0.15, 0.2) is 5.84 Å². The second-order valence-corrected chi connectivity index (χ2v) is 6.70. The molecule has 0 aromatic carbocycles. The van der Waals surface area contributed by atoms with Gasteiger partial charge >= 0.3 is 11.9 Å². The molecule has 2 rings (SSSR count). The number of aromatic nitrogens is 1. The maximum Gasteiger partial charge on any atom is 0.309 e. The number of carboxylic acid groups (broad SMARTS) is 1. The summed E-state index contributed by atoms with van der Waals surface area (Å²) >= 11 is 0. The van der Waals surface area contributed by atoms with E-state index in [0.717, 1.165) is 0 Å². The molecule has 138 valence electrons. The number of carboxylic acids is 1. The third-order valence-corrected chi connectivity index (χ3v) is 5.25. The lowest BCUT2D eigenvalue weighted by atomic mass is 9.66. The van der Waals surface area contributed by atoms with Gasteiger partial charge in [-0.2, -0.15) is 0 Å². The summed E-state index contributed by atoms with van der Waals surface area (Å²) < 4.78 is 4.71. The van der Waals surface area contributed by atoms with Gasteiger partial charge in [-0.1, -0.05) is 19.0 Å². The van der Waals surface area contributed by atoms with Crippen LogP contribution >= 0.6 is 0 Å². The average molecular weight is 351 g/mol. The summed E-state index contributed by atoms with van der Waals surface area (Å²) in [6, 6.07) is 3.43. The third-order valence-electron chi connectivity index (χ3n) is 5.25. The van der Waals surface area contributed by atoms with E-state index in [2.05, 4.69) is 10.1 Å². The molecular weight excluding hydrogens is 326 g/mol. The molecule has 0 radical (unpaired) electrons. The number of hydrogen-bond donors (Lipinski definition) is 3. The lowest BCUT2D eigenvalue weighted by Crippen LogP contribution is -2.42. The van der Waals surface area contributed by atoms with E-state index in [4.69, 9.17) is 15.7 Å². The van der Waals surface area contributed by atoms with E-state index >= 15 is 0 Å². The molecular formula is C17H25N3O5. The number of rotatable bonds is 3. The molecule has 1 saturated carbocycles. The van der Waals surface area contributed by atoms with Crippen molar-refractivity contribution in [3.05, 3.63) is 30.1 Å². The highest BCUT2D eigenvalue weighted by atomic mass is 16.5. The molecule has 4 N–H and O–H groups in total. The zero-order valence-electron chi connectivity index (χ0n) is 14.9. The van der Waals surface area contributed by atoms with E-state index in [1.165, 1.54) is 13.3 Å². The molecule has 0 unspecified atom stereocenters. The van der Waals surface area contributed by atoms with Gasteiger partial charge in [-0.15, -0.1) is 0 Å². The molecule has 1 fully saturated rings. The number of esters is 1. The van der Waals surface area contributed by atoms with Crippen molar-refractivity contribution in [3.63, 3.8) is 0 Å². The second kappa shape index (κ2) is 7.96. The monoisotopic (exact) mass is 351 g/mol. The minimum absolute atomic E-state index is 0.0769. The summed E-state index contributed by atoms with van der Waals surface area (Å²) in [5.41, 5.74) is 4.47. The van der Waals surface area contributed by atoms with Crippen molar-refractivity contribution >= 4 is 17.8 Å². The third kappa shape index (κ3) is 4.07. The predicted molar refractivity (Wildman–Crippen MR) is 91.0 cm³/mol. The molecule has 1 aliphatic carbocycles. The molecule has 0 saturated heterocycles. The van der Waals surface area contributed by atoms with E-state index in [9.17, 15) is 14.7 Å². The minimum atomic E-state index is -0.841. The maximum atomic E-state index is 11.5. The van der Waals surface area contributed by atoms with Crippen molar-refractivity contribution in [2.75, 3.05) is 7.11 Å². The number of ether oxygens (including phenoxy) is 1. The van der Waals surface area contributed by atoms with Crippen molar-refractivity contribution < 1.29 is 24.6 Å². The summed E-state index contributed by atoms with van der Waals surface area (Å²) in [4.78, 5) is 26.6. The molecule has 1 heterocycles. The molecule has 0 bridgehead atoms. The summed E-state index contributed by atoms with van der Waals surface area (Å²) in [5.74, 6) is -1.37. The number of nitrogens with two attached hydrogens (primary N) is 1. The fourth-order valence-corrected chi connectivity index (χ4v) is 3.01. The van der Waals surface area contributed by atoms with Crippen LogP contribution in [0.5, 0.6) is 0 Å². The van der Waals surface area contributed by atoms with E-state index in [1.54, 1.807) is 25.3 Å². The predicted octanol–water partition coefficient (Wildman–Crippen LogP) is 1.86. The Morgan fingerprint density at radius 2 is 2.04 bits per heavy atom. The van der Waals surface area contributed by atoms with Crippen LogP contribution in [0.4, 0.5) is 0 Å². The van der Waals surface area contributed by atoms with Gasteiger partial charge in [-0.25, -0.2) is 0 Å². The van der Waals surface area contributed by atoms with Crippen LogP contribution in [0.2, 0.25) is 0 Å². The first-order valence-corrected chi connectivity index (χ1v) is 7.81. The van der Waals surface area contributed by atoms with Crippen molar-refractivity contribution in [3.8, 4) is 0 Å². The topological polar surface area (TPSA) is 135 Å². The Morgan fingerprint density at radius 3 is 2.44 bits per heavy atom. The lowest BCUT2D eigenvalue weighted by Gasteiger charge is -2.37. The van der Waals surface area contributed by atoms with E-state index in [-0.39, 0.29) is 17.7 Å². The summed E-state index contributed by atoms with van der Waals surface area (Å²) in [5, 5.41) is 20.3. The molecule has 8 nitrogen and oxygen atoms in total. The number of oxime groups is 1. The quantitative estimate of drug-likeness (QED) is 0.249. The van der Waals surface area contributed by atoms with Crippen LogP contribution < -0.4 is 5.73 Å². The Bertz CT molecular complexity index is 645. The Kier molecular flexibility index (Phi) is 6.49. The molecule has 1 aromatic heterocycles. The smallest absolute Gasteiger partial charge is 0.309 e. The van der Waals surface area contributed by atoms with Crippen LogP contribution in [0, 0.1) is 16.7 Å². The Balaban J connectivity index is 0.000000271. The number of amidine groups is 1. The fraction of sp³-hybridized carbons (Fsp3) is 0.529. The normalized spacial score (nSPS) is 24.8. The molecule has 0 spiro atoms. The standard InChI is InChI=1S/C11H18O4.C6H7N3O/c1-10(2)7(8(12)15-4)5-6-11(10,3)9(13)14;7-6(9-10)5-2-1-3-8-4-5/h7H,5-6H2,1-4H3,(H,13,14);1-4,10H,(H2,7,9)/t7-,11+;/m0./s1. The van der Waals surface area contributed by atoms with Gasteiger partial charge in [0, 0.05) is 18.0 Å². The average Bonchev–Trinajstić information content (AvgIpc) is 2.85. The van der Waals surface area contributed by atoms with Crippen molar-refractivity contribution in [1.82, 2.24) is 4.98 Å². The van der Waals surface area contributed by atoms with E-state index < -0.39 is 16.8 Å². The summed E-state index contributed by atoms with van der Waals surface area (Å²) in [6.07, 6.45) is 4.25.